The average Bonchev–Trinajstić information content (AvgIpc) is 3.16. The van der Waals surface area contributed by atoms with Crippen molar-refractivity contribution in [1.29, 1.82) is 0 Å². The third kappa shape index (κ3) is 3.51. The van der Waals surface area contributed by atoms with Crippen LogP contribution in [0.1, 0.15) is 16.8 Å². The minimum absolute atomic E-state index is 0.198. The van der Waals surface area contributed by atoms with Crippen LogP contribution < -0.4 is 10.1 Å². The van der Waals surface area contributed by atoms with Gasteiger partial charge in [0.05, 0.1) is 18.3 Å². The molecule has 0 aliphatic carbocycles. The molecule has 7 heteroatoms. The van der Waals surface area contributed by atoms with Crippen molar-refractivity contribution in [2.45, 2.75) is 18.6 Å². The number of likely N-dealkylation sites (tertiary alicyclic amines) is 1. The Morgan fingerprint density at radius 3 is 2.82 bits per heavy atom. The van der Waals surface area contributed by atoms with Gasteiger partial charge < -0.3 is 15.0 Å². The van der Waals surface area contributed by atoms with Gasteiger partial charge in [-0.2, -0.15) is 0 Å². The smallest absolute Gasteiger partial charge is 0.254 e. The number of nitrogens with one attached hydrogen (secondary N) is 1. The summed E-state index contributed by atoms with van der Waals surface area (Å²) in [6.07, 6.45) is 5.15. The first kappa shape index (κ1) is 17.9. The molecular weight excluding hydrogens is 356 g/mol. The van der Waals surface area contributed by atoms with Crippen molar-refractivity contribution in [3.8, 4) is 5.75 Å². The van der Waals surface area contributed by atoms with Gasteiger partial charge in [0, 0.05) is 36.8 Å². The quantitative estimate of drug-likeness (QED) is 0.753. The molecular formula is C21H20N4O3. The number of amides is 2. The van der Waals surface area contributed by atoms with Gasteiger partial charge >= 0.3 is 0 Å². The third-order valence-electron chi connectivity index (χ3n) is 4.86. The number of aromatic nitrogens is 2. The highest BCUT2D eigenvalue weighted by Gasteiger charge is 2.40. The Morgan fingerprint density at radius 2 is 2.04 bits per heavy atom. The molecule has 1 aromatic carbocycles. The molecule has 142 valence electrons. The number of ether oxygens (including phenoxy) is 1. The van der Waals surface area contributed by atoms with Gasteiger partial charge in [-0.1, -0.05) is 6.07 Å². The van der Waals surface area contributed by atoms with Crippen LogP contribution in [0.5, 0.6) is 5.75 Å². The zero-order valence-electron chi connectivity index (χ0n) is 15.4. The lowest BCUT2D eigenvalue weighted by Crippen LogP contribution is -2.44. The van der Waals surface area contributed by atoms with E-state index >= 15 is 0 Å². The highest BCUT2D eigenvalue weighted by atomic mass is 16.5. The molecule has 3 heterocycles. The molecule has 3 aromatic rings. The van der Waals surface area contributed by atoms with Crippen LogP contribution in [0.3, 0.4) is 0 Å². The second kappa shape index (κ2) is 7.64. The van der Waals surface area contributed by atoms with Crippen molar-refractivity contribution >= 4 is 22.7 Å². The molecule has 4 rings (SSSR count). The molecule has 2 amide bonds. The number of hydrogen-bond donors (Lipinski definition) is 1. The summed E-state index contributed by atoms with van der Waals surface area (Å²) < 4.78 is 5.94. The number of carbonyl (C=O) groups excluding carboxylic acids is 2. The van der Waals surface area contributed by atoms with E-state index in [0.717, 1.165) is 10.9 Å². The van der Waals surface area contributed by atoms with Crippen molar-refractivity contribution in [2.75, 3.05) is 13.6 Å². The fourth-order valence-corrected chi connectivity index (χ4v) is 3.51. The number of likely N-dealkylation sites (N-methyl/N-ethyl adjacent to an activating group) is 1. The van der Waals surface area contributed by atoms with E-state index in [1.165, 1.54) is 0 Å². The van der Waals surface area contributed by atoms with E-state index < -0.39 is 6.04 Å². The molecule has 2 aromatic heterocycles. The van der Waals surface area contributed by atoms with Crippen LogP contribution in [-0.2, 0) is 4.79 Å². The summed E-state index contributed by atoms with van der Waals surface area (Å²) in [4.78, 5) is 35.5. The zero-order valence-corrected chi connectivity index (χ0v) is 15.4. The van der Waals surface area contributed by atoms with Gasteiger partial charge in [-0.05, 0) is 36.4 Å². The summed E-state index contributed by atoms with van der Waals surface area (Å²) in [5.41, 5.74) is 1.34. The first-order valence-corrected chi connectivity index (χ1v) is 9.10. The molecule has 0 bridgehead atoms. The molecule has 0 saturated carbocycles. The first-order chi connectivity index (χ1) is 13.7. The fourth-order valence-electron chi connectivity index (χ4n) is 3.51. The molecule has 1 N–H and O–H groups in total. The Balaban J connectivity index is 1.59. The molecule has 2 atom stereocenters. The Labute approximate surface area is 162 Å². The lowest BCUT2D eigenvalue weighted by molar-refractivity contribution is -0.124. The predicted octanol–water partition coefficient (Wildman–Crippen LogP) is 2.04. The van der Waals surface area contributed by atoms with Crippen LogP contribution in [0.4, 0.5) is 0 Å². The molecule has 0 radical (unpaired) electrons. The predicted molar refractivity (Wildman–Crippen MR) is 104 cm³/mol. The molecule has 0 unspecified atom stereocenters. The van der Waals surface area contributed by atoms with Crippen LogP contribution in [0.2, 0.25) is 0 Å². The minimum atomic E-state index is -0.580. The number of hydrogen-bond acceptors (Lipinski definition) is 5. The summed E-state index contributed by atoms with van der Waals surface area (Å²) in [6.45, 7) is 0.330. The highest BCUT2D eigenvalue weighted by molar-refractivity contribution is 6.00. The zero-order chi connectivity index (χ0) is 19.5. The second-order valence-electron chi connectivity index (χ2n) is 6.66. The second-order valence-corrected chi connectivity index (χ2v) is 6.66. The monoisotopic (exact) mass is 376 g/mol. The van der Waals surface area contributed by atoms with Gasteiger partial charge in [0.25, 0.3) is 5.91 Å². The van der Waals surface area contributed by atoms with Gasteiger partial charge in [-0.25, -0.2) is 0 Å². The molecule has 28 heavy (non-hydrogen) atoms. The van der Waals surface area contributed by atoms with Crippen molar-refractivity contribution in [3.63, 3.8) is 0 Å². The molecule has 1 saturated heterocycles. The van der Waals surface area contributed by atoms with E-state index in [2.05, 4.69) is 15.3 Å². The molecule has 1 aliphatic rings. The lowest BCUT2D eigenvalue weighted by atomic mass is 10.1. The van der Waals surface area contributed by atoms with E-state index in [1.807, 2.05) is 24.3 Å². The summed E-state index contributed by atoms with van der Waals surface area (Å²) in [5, 5.41) is 3.53. The van der Waals surface area contributed by atoms with Gasteiger partial charge in [0.2, 0.25) is 5.91 Å². The largest absolute Gasteiger partial charge is 0.487 e. The first-order valence-electron chi connectivity index (χ1n) is 9.10. The normalized spacial score (nSPS) is 18.8. The summed E-state index contributed by atoms with van der Waals surface area (Å²) in [6, 6.07) is 12.1. The summed E-state index contributed by atoms with van der Waals surface area (Å²) in [7, 11) is 1.57. The number of nitrogens with zero attached hydrogens (tertiary/aromatic N) is 3. The van der Waals surface area contributed by atoms with Crippen LogP contribution in [0, 0.1) is 0 Å². The maximum absolute atomic E-state index is 13.2. The van der Waals surface area contributed by atoms with E-state index in [1.54, 1.807) is 48.7 Å². The van der Waals surface area contributed by atoms with E-state index in [0.29, 0.717) is 24.3 Å². The number of benzene rings is 1. The molecule has 1 aliphatic heterocycles. The maximum Gasteiger partial charge on any atom is 0.254 e. The van der Waals surface area contributed by atoms with Crippen LogP contribution in [0.25, 0.3) is 10.9 Å². The number of pyridine rings is 2. The van der Waals surface area contributed by atoms with E-state index in [-0.39, 0.29) is 17.9 Å². The maximum atomic E-state index is 13.2. The Hall–Kier alpha value is -3.48. The Morgan fingerprint density at radius 1 is 1.18 bits per heavy atom. The minimum Gasteiger partial charge on any atom is -0.487 e. The lowest BCUT2D eigenvalue weighted by Gasteiger charge is -2.23. The van der Waals surface area contributed by atoms with Gasteiger partial charge in [0.15, 0.2) is 0 Å². The fraction of sp³-hybridized carbons (Fsp3) is 0.238. The van der Waals surface area contributed by atoms with Gasteiger partial charge in [0.1, 0.15) is 17.9 Å². The average molecular weight is 376 g/mol. The number of fused-ring (bicyclic) bond motifs is 1. The Bertz CT molecular complexity index is 1010. The van der Waals surface area contributed by atoms with Gasteiger partial charge in [-0.3, -0.25) is 19.6 Å². The third-order valence-corrected chi connectivity index (χ3v) is 4.86. The van der Waals surface area contributed by atoms with Crippen LogP contribution >= 0.6 is 0 Å². The van der Waals surface area contributed by atoms with Crippen molar-refractivity contribution in [1.82, 2.24) is 20.2 Å². The summed E-state index contributed by atoms with van der Waals surface area (Å²) in [5.74, 6) is 0.221. The van der Waals surface area contributed by atoms with Crippen LogP contribution in [0.15, 0.2) is 61.1 Å². The van der Waals surface area contributed by atoms with Crippen molar-refractivity contribution < 1.29 is 14.3 Å². The topological polar surface area (TPSA) is 84.4 Å². The number of rotatable bonds is 4. The Kier molecular flexibility index (Phi) is 4.89. The highest BCUT2D eigenvalue weighted by Crippen LogP contribution is 2.25. The molecule has 0 spiro atoms. The van der Waals surface area contributed by atoms with Gasteiger partial charge in [-0.15, -0.1) is 0 Å². The van der Waals surface area contributed by atoms with E-state index in [9.17, 15) is 9.59 Å². The van der Waals surface area contributed by atoms with Crippen LogP contribution in [-0.4, -0.2) is 52.4 Å². The summed E-state index contributed by atoms with van der Waals surface area (Å²) >= 11 is 0. The number of carbonyl (C=O) groups is 2. The SMILES string of the molecule is CNC(=O)[C@@H]1C[C@H](Oc2cccnc2)CN1C(=O)c1ccc2ncccc2c1. The van der Waals surface area contributed by atoms with Crippen molar-refractivity contribution in [2.24, 2.45) is 0 Å². The molecule has 1 fully saturated rings. The molecule has 7 nitrogen and oxygen atoms in total. The van der Waals surface area contributed by atoms with E-state index in [4.69, 9.17) is 4.74 Å². The van der Waals surface area contributed by atoms with Crippen molar-refractivity contribution in [3.05, 3.63) is 66.6 Å². The standard InChI is InChI=1S/C21H20N4O3/c1-22-20(26)19-11-17(28-16-5-3-8-23-12-16)13-25(19)21(27)15-6-7-18-14(10-15)4-2-9-24-18/h2-10,12,17,19H,11,13H2,1H3,(H,22,26)/t17-,19-/m0/s1.